The Hall–Kier alpha value is -0.240. The van der Waals surface area contributed by atoms with Crippen LogP contribution in [0.25, 0.3) is 0 Å². The lowest BCUT2D eigenvalue weighted by molar-refractivity contribution is 0.413. The zero-order valence-corrected chi connectivity index (χ0v) is 8.20. The number of hydrogen-bond acceptors (Lipinski definition) is 1. The van der Waals surface area contributed by atoms with Crippen molar-refractivity contribution in [3.8, 4) is 0 Å². The maximum atomic E-state index is 8.95. The molecule has 0 aliphatic heterocycles. The van der Waals surface area contributed by atoms with Crippen molar-refractivity contribution >= 4 is 15.9 Å². The molecular weight excluding hydrogens is 192 g/mol. The lowest BCUT2D eigenvalue weighted by atomic mass is 10.2. The van der Waals surface area contributed by atoms with Gasteiger partial charge in [-0.2, -0.15) is 0 Å². The van der Waals surface area contributed by atoms with Gasteiger partial charge < -0.3 is 5.11 Å². The Labute approximate surface area is 70.6 Å². The molecule has 0 saturated heterocycles. The highest BCUT2D eigenvalue weighted by atomic mass is 79.9. The van der Waals surface area contributed by atoms with E-state index in [0.717, 1.165) is 10.9 Å². The summed E-state index contributed by atoms with van der Waals surface area (Å²) >= 11 is 3.24. The summed E-state index contributed by atoms with van der Waals surface area (Å²) in [6, 6.07) is 0. The van der Waals surface area contributed by atoms with Gasteiger partial charge in [0.2, 0.25) is 0 Å². The van der Waals surface area contributed by atoms with E-state index in [-0.39, 0.29) is 0 Å². The molecule has 0 aliphatic carbocycles. The van der Waals surface area contributed by atoms with Crippen molar-refractivity contribution in [3.63, 3.8) is 0 Å². The van der Waals surface area contributed by atoms with Gasteiger partial charge in [-0.1, -0.05) is 12.5 Å². The number of rotatable bonds is 2. The molecule has 0 aliphatic rings. The summed E-state index contributed by atoms with van der Waals surface area (Å²) in [6.45, 7) is 5.77. The normalized spacial score (nSPS) is 15.0. The molecule has 0 atom stereocenters. The standard InChI is InChI=1S/C8H13BrO/c1-4-6(2)5-8(9)7(3)10/h5,10H,4H2,1-3H3/b6-5-,8-7-. The maximum Gasteiger partial charge on any atom is 0.103 e. The maximum absolute atomic E-state index is 8.95. The first-order valence-corrected chi connectivity index (χ1v) is 4.09. The quantitative estimate of drug-likeness (QED) is 0.540. The molecule has 0 saturated carbocycles. The van der Waals surface area contributed by atoms with Crippen LogP contribution in [0.2, 0.25) is 0 Å². The number of hydrogen-bond donors (Lipinski definition) is 1. The van der Waals surface area contributed by atoms with Gasteiger partial charge in [0.25, 0.3) is 0 Å². The van der Waals surface area contributed by atoms with Gasteiger partial charge in [0.15, 0.2) is 0 Å². The van der Waals surface area contributed by atoms with Crippen LogP contribution in [0.15, 0.2) is 21.9 Å². The predicted octanol–water partition coefficient (Wildman–Crippen LogP) is 3.53. The summed E-state index contributed by atoms with van der Waals surface area (Å²) in [5, 5.41) is 8.95. The largest absolute Gasteiger partial charge is 0.511 e. The lowest BCUT2D eigenvalue weighted by Crippen LogP contribution is -1.77. The summed E-state index contributed by atoms with van der Waals surface area (Å²) in [5.41, 5.74) is 1.25. The van der Waals surface area contributed by atoms with Crippen molar-refractivity contribution in [1.29, 1.82) is 0 Å². The van der Waals surface area contributed by atoms with Gasteiger partial charge in [-0.3, -0.25) is 0 Å². The molecule has 0 aromatic heterocycles. The topological polar surface area (TPSA) is 20.2 Å². The van der Waals surface area contributed by atoms with Crippen LogP contribution < -0.4 is 0 Å². The Balaban J connectivity index is 4.27. The Morgan fingerprint density at radius 3 is 2.30 bits per heavy atom. The average Bonchev–Trinajstić information content (AvgIpc) is 1.87. The highest BCUT2D eigenvalue weighted by molar-refractivity contribution is 9.11. The fourth-order valence-corrected chi connectivity index (χ4v) is 0.814. The van der Waals surface area contributed by atoms with Crippen molar-refractivity contribution in [3.05, 3.63) is 21.9 Å². The van der Waals surface area contributed by atoms with E-state index < -0.39 is 0 Å². The van der Waals surface area contributed by atoms with E-state index in [1.54, 1.807) is 6.92 Å². The van der Waals surface area contributed by atoms with Crippen molar-refractivity contribution in [1.82, 2.24) is 0 Å². The number of halogens is 1. The zero-order chi connectivity index (χ0) is 8.15. The van der Waals surface area contributed by atoms with Crippen LogP contribution in [0.3, 0.4) is 0 Å². The van der Waals surface area contributed by atoms with Crippen LogP contribution in [-0.2, 0) is 0 Å². The molecule has 0 unspecified atom stereocenters. The van der Waals surface area contributed by atoms with Crippen LogP contribution in [0.5, 0.6) is 0 Å². The summed E-state index contributed by atoms with van der Waals surface area (Å²) in [5.74, 6) is 0.327. The fourth-order valence-electron chi connectivity index (χ4n) is 0.423. The van der Waals surface area contributed by atoms with Gasteiger partial charge in [0, 0.05) is 0 Å². The monoisotopic (exact) mass is 204 g/mol. The molecule has 1 N–H and O–H groups in total. The third-order valence-corrected chi connectivity index (χ3v) is 2.08. The van der Waals surface area contributed by atoms with E-state index in [1.165, 1.54) is 5.57 Å². The first kappa shape index (κ1) is 9.76. The predicted molar refractivity (Wildman–Crippen MR) is 48.3 cm³/mol. The number of aliphatic hydroxyl groups excluding tert-OH is 1. The number of aliphatic hydroxyl groups is 1. The molecule has 0 bridgehead atoms. The SMILES string of the molecule is CC/C(C)=C\C(Br)=C(/C)O. The van der Waals surface area contributed by atoms with Gasteiger partial charge in [0.05, 0.1) is 4.48 Å². The molecule has 0 heterocycles. The molecular formula is C8H13BrO. The Bertz CT molecular complexity index is 164. The van der Waals surface area contributed by atoms with Crippen LogP contribution >= 0.6 is 15.9 Å². The Morgan fingerprint density at radius 1 is 1.50 bits per heavy atom. The van der Waals surface area contributed by atoms with Gasteiger partial charge in [-0.25, -0.2) is 0 Å². The minimum absolute atomic E-state index is 0.327. The fraction of sp³-hybridized carbons (Fsp3) is 0.500. The van der Waals surface area contributed by atoms with Crippen molar-refractivity contribution in [2.45, 2.75) is 27.2 Å². The van der Waals surface area contributed by atoms with Gasteiger partial charge in [-0.15, -0.1) is 0 Å². The molecule has 0 spiro atoms. The minimum Gasteiger partial charge on any atom is -0.511 e. The van der Waals surface area contributed by atoms with Crippen LogP contribution in [0.1, 0.15) is 27.2 Å². The van der Waals surface area contributed by atoms with E-state index in [2.05, 4.69) is 22.9 Å². The highest BCUT2D eigenvalue weighted by Crippen LogP contribution is 2.14. The van der Waals surface area contributed by atoms with Crippen LogP contribution in [0, 0.1) is 0 Å². The minimum atomic E-state index is 0.327. The molecule has 58 valence electrons. The second-order valence-corrected chi connectivity index (χ2v) is 3.13. The van der Waals surface area contributed by atoms with Crippen molar-refractivity contribution < 1.29 is 5.11 Å². The first-order valence-electron chi connectivity index (χ1n) is 3.30. The molecule has 0 aromatic carbocycles. The van der Waals surface area contributed by atoms with Crippen molar-refractivity contribution in [2.75, 3.05) is 0 Å². The van der Waals surface area contributed by atoms with E-state index in [1.807, 2.05) is 13.0 Å². The summed E-state index contributed by atoms with van der Waals surface area (Å²) < 4.78 is 0.770. The smallest absolute Gasteiger partial charge is 0.103 e. The van der Waals surface area contributed by atoms with E-state index in [9.17, 15) is 0 Å². The summed E-state index contributed by atoms with van der Waals surface area (Å²) in [4.78, 5) is 0. The van der Waals surface area contributed by atoms with Crippen LogP contribution in [-0.4, -0.2) is 5.11 Å². The van der Waals surface area contributed by atoms with E-state index in [0.29, 0.717) is 5.76 Å². The third kappa shape index (κ3) is 3.72. The second-order valence-electron chi connectivity index (χ2n) is 2.28. The van der Waals surface area contributed by atoms with Gasteiger partial charge in [0.1, 0.15) is 5.76 Å². The molecule has 0 radical (unpaired) electrons. The Kier molecular flexibility index (Phi) is 4.45. The zero-order valence-electron chi connectivity index (χ0n) is 6.61. The molecule has 0 amide bonds. The average molecular weight is 205 g/mol. The molecule has 0 rings (SSSR count). The highest BCUT2D eigenvalue weighted by Gasteiger charge is 1.91. The van der Waals surface area contributed by atoms with E-state index >= 15 is 0 Å². The molecule has 1 nitrogen and oxygen atoms in total. The molecule has 10 heavy (non-hydrogen) atoms. The molecule has 0 fully saturated rings. The summed E-state index contributed by atoms with van der Waals surface area (Å²) in [7, 11) is 0. The van der Waals surface area contributed by atoms with Gasteiger partial charge >= 0.3 is 0 Å². The molecule has 2 heteroatoms. The van der Waals surface area contributed by atoms with Crippen LogP contribution in [0.4, 0.5) is 0 Å². The second kappa shape index (κ2) is 4.56. The van der Waals surface area contributed by atoms with E-state index in [4.69, 9.17) is 5.11 Å². The van der Waals surface area contributed by atoms with Crippen molar-refractivity contribution in [2.24, 2.45) is 0 Å². The number of allylic oxidation sites excluding steroid dienone is 4. The summed E-state index contributed by atoms with van der Waals surface area (Å²) in [6.07, 6.45) is 2.94. The van der Waals surface area contributed by atoms with Gasteiger partial charge in [-0.05, 0) is 42.3 Å². The third-order valence-electron chi connectivity index (χ3n) is 1.28. The lowest BCUT2D eigenvalue weighted by Gasteiger charge is -1.95. The first-order chi connectivity index (χ1) is 4.57. The Morgan fingerprint density at radius 2 is 2.00 bits per heavy atom. The molecule has 0 aromatic rings.